The van der Waals surface area contributed by atoms with Crippen molar-refractivity contribution in [2.45, 2.75) is 6.92 Å². The third kappa shape index (κ3) is 3.68. The molecule has 0 aliphatic carbocycles. The molecule has 0 bridgehead atoms. The van der Waals surface area contributed by atoms with Crippen LogP contribution in [0.5, 0.6) is 5.75 Å². The number of phenols is 1. The highest BCUT2D eigenvalue weighted by Crippen LogP contribution is 2.16. The Morgan fingerprint density at radius 1 is 1.15 bits per heavy atom. The van der Waals surface area contributed by atoms with E-state index in [9.17, 15) is 9.90 Å². The third-order valence-corrected chi connectivity index (χ3v) is 2.63. The lowest BCUT2D eigenvalue weighted by Crippen LogP contribution is -2.04. The maximum atomic E-state index is 11.5. The van der Waals surface area contributed by atoms with E-state index >= 15 is 0 Å². The molecule has 0 aliphatic rings. The number of nitrogens with zero attached hydrogens (tertiary/aromatic N) is 1. The van der Waals surface area contributed by atoms with Gasteiger partial charge in [-0.05, 0) is 48.9 Å². The van der Waals surface area contributed by atoms with Crippen LogP contribution in [0.2, 0.25) is 0 Å². The van der Waals surface area contributed by atoms with E-state index in [2.05, 4.69) is 4.99 Å². The number of carbonyl (C=O) groups excluding carboxylic acids is 1. The van der Waals surface area contributed by atoms with Crippen molar-refractivity contribution in [1.29, 1.82) is 0 Å². The molecule has 0 radical (unpaired) electrons. The Bertz CT molecular complexity index is 601. The summed E-state index contributed by atoms with van der Waals surface area (Å²) in [6.07, 6.45) is 1.70. The van der Waals surface area contributed by atoms with E-state index in [1.54, 1.807) is 61.7 Å². The van der Waals surface area contributed by atoms with Gasteiger partial charge in [-0.25, -0.2) is 4.79 Å². The zero-order valence-corrected chi connectivity index (χ0v) is 11.1. The first-order chi connectivity index (χ1) is 9.69. The van der Waals surface area contributed by atoms with Crippen LogP contribution in [0.15, 0.2) is 53.5 Å². The second kappa shape index (κ2) is 6.52. The van der Waals surface area contributed by atoms with Crippen LogP contribution in [0.4, 0.5) is 5.69 Å². The molecule has 0 unspecified atom stereocenters. The minimum atomic E-state index is -0.325. The molecule has 0 aromatic heterocycles. The van der Waals surface area contributed by atoms with Crippen molar-refractivity contribution < 1.29 is 14.6 Å². The number of hydrogen-bond donors (Lipinski definition) is 1. The molecular weight excluding hydrogens is 254 g/mol. The largest absolute Gasteiger partial charge is 0.508 e. The number of ether oxygens (including phenoxy) is 1. The van der Waals surface area contributed by atoms with Crippen LogP contribution in [0.3, 0.4) is 0 Å². The monoisotopic (exact) mass is 269 g/mol. The van der Waals surface area contributed by atoms with E-state index in [4.69, 9.17) is 4.74 Å². The van der Waals surface area contributed by atoms with Crippen LogP contribution in [-0.4, -0.2) is 23.9 Å². The summed E-state index contributed by atoms with van der Waals surface area (Å²) in [5, 5.41) is 9.17. The van der Waals surface area contributed by atoms with Gasteiger partial charge in [-0.15, -0.1) is 0 Å². The van der Waals surface area contributed by atoms with Gasteiger partial charge < -0.3 is 9.84 Å². The fourth-order valence-electron chi connectivity index (χ4n) is 1.61. The van der Waals surface area contributed by atoms with Crippen molar-refractivity contribution in [3.63, 3.8) is 0 Å². The first-order valence-electron chi connectivity index (χ1n) is 6.29. The van der Waals surface area contributed by atoms with Gasteiger partial charge in [0.15, 0.2) is 0 Å². The second-order valence-electron chi connectivity index (χ2n) is 4.12. The van der Waals surface area contributed by atoms with Gasteiger partial charge in [0.1, 0.15) is 5.75 Å². The number of carbonyl (C=O) groups is 1. The second-order valence-corrected chi connectivity index (χ2v) is 4.12. The highest BCUT2D eigenvalue weighted by molar-refractivity contribution is 5.91. The average molecular weight is 269 g/mol. The Labute approximate surface area is 117 Å². The van der Waals surface area contributed by atoms with Gasteiger partial charge in [0, 0.05) is 6.21 Å². The SMILES string of the molecule is CCOC(=O)c1ccc(C=Nc2ccc(O)cc2)cc1. The highest BCUT2D eigenvalue weighted by Gasteiger charge is 2.04. The van der Waals surface area contributed by atoms with E-state index in [1.807, 2.05) is 0 Å². The number of phenolic OH excluding ortho intramolecular Hbond substituents is 1. The fraction of sp³-hybridized carbons (Fsp3) is 0.125. The van der Waals surface area contributed by atoms with Gasteiger partial charge in [0.25, 0.3) is 0 Å². The molecule has 2 rings (SSSR count). The van der Waals surface area contributed by atoms with Crippen LogP contribution >= 0.6 is 0 Å². The first-order valence-corrected chi connectivity index (χ1v) is 6.29. The lowest BCUT2D eigenvalue weighted by Gasteiger charge is -2.01. The maximum absolute atomic E-state index is 11.5. The summed E-state index contributed by atoms with van der Waals surface area (Å²) in [6.45, 7) is 2.14. The Kier molecular flexibility index (Phi) is 4.50. The number of aromatic hydroxyl groups is 1. The molecular formula is C16H15NO3. The lowest BCUT2D eigenvalue weighted by molar-refractivity contribution is 0.0526. The molecule has 4 nitrogen and oxygen atoms in total. The molecule has 0 amide bonds. The fourth-order valence-corrected chi connectivity index (χ4v) is 1.61. The number of rotatable bonds is 4. The summed E-state index contributed by atoms with van der Waals surface area (Å²) in [5.41, 5.74) is 2.15. The lowest BCUT2D eigenvalue weighted by atomic mass is 10.1. The van der Waals surface area contributed by atoms with Crippen LogP contribution in [-0.2, 0) is 4.74 Å². The van der Waals surface area contributed by atoms with Crippen molar-refractivity contribution in [2.75, 3.05) is 6.61 Å². The number of hydrogen-bond acceptors (Lipinski definition) is 4. The van der Waals surface area contributed by atoms with Crippen LogP contribution in [0.1, 0.15) is 22.8 Å². The van der Waals surface area contributed by atoms with Crippen molar-refractivity contribution in [3.8, 4) is 5.75 Å². The molecule has 1 N–H and O–H groups in total. The molecule has 0 saturated heterocycles. The average Bonchev–Trinajstić information content (AvgIpc) is 2.47. The van der Waals surface area contributed by atoms with Crippen molar-refractivity contribution in [3.05, 3.63) is 59.7 Å². The molecule has 0 atom stereocenters. The van der Waals surface area contributed by atoms with E-state index in [1.165, 1.54) is 0 Å². The van der Waals surface area contributed by atoms with E-state index in [-0.39, 0.29) is 11.7 Å². The number of esters is 1. The van der Waals surface area contributed by atoms with Crippen LogP contribution in [0.25, 0.3) is 0 Å². The van der Waals surface area contributed by atoms with E-state index < -0.39 is 0 Å². The molecule has 102 valence electrons. The Morgan fingerprint density at radius 3 is 2.40 bits per heavy atom. The molecule has 0 spiro atoms. The van der Waals surface area contributed by atoms with Gasteiger partial charge in [-0.3, -0.25) is 4.99 Å². The molecule has 2 aromatic carbocycles. The third-order valence-electron chi connectivity index (χ3n) is 2.63. The maximum Gasteiger partial charge on any atom is 0.338 e. The highest BCUT2D eigenvalue weighted by atomic mass is 16.5. The summed E-state index contributed by atoms with van der Waals surface area (Å²) in [4.78, 5) is 15.8. The van der Waals surface area contributed by atoms with Crippen molar-refractivity contribution in [2.24, 2.45) is 4.99 Å². The standard InChI is InChI=1S/C16H15NO3/c1-2-20-16(19)13-5-3-12(4-6-13)11-17-14-7-9-15(18)10-8-14/h3-11,18H,2H2,1H3. The molecule has 0 saturated carbocycles. The minimum Gasteiger partial charge on any atom is -0.508 e. The number of benzene rings is 2. The smallest absolute Gasteiger partial charge is 0.338 e. The molecule has 0 heterocycles. The van der Waals surface area contributed by atoms with Gasteiger partial charge >= 0.3 is 5.97 Å². The Balaban J connectivity index is 2.07. The molecule has 20 heavy (non-hydrogen) atoms. The zero-order chi connectivity index (χ0) is 14.4. The Hall–Kier alpha value is -2.62. The predicted molar refractivity (Wildman–Crippen MR) is 77.8 cm³/mol. The summed E-state index contributed by atoms with van der Waals surface area (Å²) >= 11 is 0. The minimum absolute atomic E-state index is 0.211. The molecule has 0 aliphatic heterocycles. The van der Waals surface area contributed by atoms with Crippen LogP contribution in [0, 0.1) is 0 Å². The predicted octanol–water partition coefficient (Wildman–Crippen LogP) is 3.32. The van der Waals surface area contributed by atoms with Crippen molar-refractivity contribution in [1.82, 2.24) is 0 Å². The summed E-state index contributed by atoms with van der Waals surface area (Å²) in [6, 6.07) is 13.6. The number of aliphatic imine (C=N–C) groups is 1. The summed E-state index contributed by atoms with van der Waals surface area (Å²) < 4.78 is 4.91. The van der Waals surface area contributed by atoms with Gasteiger partial charge in [0.2, 0.25) is 0 Å². The summed E-state index contributed by atoms with van der Waals surface area (Å²) in [5.74, 6) is -0.114. The van der Waals surface area contributed by atoms with Crippen molar-refractivity contribution >= 4 is 17.9 Å². The summed E-state index contributed by atoms with van der Waals surface area (Å²) in [7, 11) is 0. The topological polar surface area (TPSA) is 58.9 Å². The quantitative estimate of drug-likeness (QED) is 0.684. The first kappa shape index (κ1) is 13.8. The Morgan fingerprint density at radius 2 is 1.80 bits per heavy atom. The normalized spacial score (nSPS) is 10.7. The molecule has 0 fully saturated rings. The van der Waals surface area contributed by atoms with Gasteiger partial charge in [0.05, 0.1) is 17.9 Å². The van der Waals surface area contributed by atoms with E-state index in [0.29, 0.717) is 12.2 Å². The van der Waals surface area contributed by atoms with Crippen LogP contribution < -0.4 is 0 Å². The molecule has 4 heteroatoms. The van der Waals surface area contributed by atoms with Gasteiger partial charge in [-0.2, -0.15) is 0 Å². The molecule has 2 aromatic rings. The van der Waals surface area contributed by atoms with Gasteiger partial charge in [-0.1, -0.05) is 12.1 Å². The van der Waals surface area contributed by atoms with E-state index in [0.717, 1.165) is 11.3 Å². The zero-order valence-electron chi connectivity index (χ0n) is 11.1.